The van der Waals surface area contributed by atoms with E-state index in [-0.39, 0.29) is 6.03 Å². The lowest BCUT2D eigenvalue weighted by atomic mass is 9.94. The normalized spacial score (nSPS) is 13.4. The highest BCUT2D eigenvalue weighted by atomic mass is 16.5. The van der Waals surface area contributed by atoms with Gasteiger partial charge in [-0.2, -0.15) is 10.1 Å². The number of hydrogen-bond donors (Lipinski definition) is 1. The zero-order valence-electron chi connectivity index (χ0n) is 17.2. The molecule has 0 saturated heterocycles. The number of pyridine rings is 1. The van der Waals surface area contributed by atoms with E-state index in [1.807, 2.05) is 38.6 Å². The molecule has 0 atom stereocenters. The van der Waals surface area contributed by atoms with Crippen molar-refractivity contribution in [3.8, 4) is 22.8 Å². The van der Waals surface area contributed by atoms with E-state index in [9.17, 15) is 4.79 Å². The molecule has 3 aromatic heterocycles. The number of carbonyl (C=O) groups excluding carboxylic acids is 1. The molecule has 9 nitrogen and oxygen atoms in total. The van der Waals surface area contributed by atoms with Gasteiger partial charge in [-0.05, 0) is 45.2 Å². The Morgan fingerprint density at radius 3 is 2.83 bits per heavy atom. The molecule has 0 spiro atoms. The van der Waals surface area contributed by atoms with E-state index in [2.05, 4.69) is 25.5 Å². The van der Waals surface area contributed by atoms with Crippen molar-refractivity contribution >= 4 is 6.03 Å². The Balaban J connectivity index is 1.68. The number of amides is 2. The van der Waals surface area contributed by atoms with Gasteiger partial charge in [0.25, 0.3) is 5.89 Å². The van der Waals surface area contributed by atoms with Crippen LogP contribution >= 0.6 is 0 Å². The minimum absolute atomic E-state index is 0.0504. The number of nitrogens with one attached hydrogen (secondary N) is 1. The molecule has 1 N–H and O–H groups in total. The largest absolute Gasteiger partial charge is 0.338 e. The van der Waals surface area contributed by atoms with Crippen LogP contribution in [0.25, 0.3) is 22.8 Å². The van der Waals surface area contributed by atoms with Gasteiger partial charge >= 0.3 is 6.03 Å². The van der Waals surface area contributed by atoms with Crippen molar-refractivity contribution < 1.29 is 9.32 Å². The zero-order valence-corrected chi connectivity index (χ0v) is 17.2. The Kier molecular flexibility index (Phi) is 5.04. The van der Waals surface area contributed by atoms with Gasteiger partial charge in [-0.1, -0.05) is 5.16 Å². The molecule has 0 unspecified atom stereocenters. The Morgan fingerprint density at radius 1 is 1.28 bits per heavy atom. The van der Waals surface area contributed by atoms with Crippen molar-refractivity contribution in [3.05, 3.63) is 34.9 Å². The third-order valence-electron chi connectivity index (χ3n) is 5.36. The molecule has 0 bridgehead atoms. The molecule has 1 aliphatic heterocycles. The first-order valence-electron chi connectivity index (χ1n) is 9.90. The molecular formula is C20H25N7O2. The summed E-state index contributed by atoms with van der Waals surface area (Å²) in [4.78, 5) is 23.2. The highest BCUT2D eigenvalue weighted by Crippen LogP contribution is 2.32. The van der Waals surface area contributed by atoms with Crippen molar-refractivity contribution in [1.82, 2.24) is 35.1 Å². The number of aryl methyl sites for hydroxylation is 2. The molecule has 9 heteroatoms. The van der Waals surface area contributed by atoms with Crippen LogP contribution in [0.15, 0.2) is 16.9 Å². The van der Waals surface area contributed by atoms with E-state index >= 15 is 0 Å². The van der Waals surface area contributed by atoms with E-state index < -0.39 is 0 Å². The van der Waals surface area contributed by atoms with E-state index in [0.717, 1.165) is 46.6 Å². The maximum Gasteiger partial charge on any atom is 0.317 e. The van der Waals surface area contributed by atoms with Gasteiger partial charge in [-0.25, -0.2) is 4.79 Å². The third-order valence-corrected chi connectivity index (χ3v) is 5.36. The second-order valence-electron chi connectivity index (χ2n) is 7.11. The standard InChI is InChI=1S/C20H25N7O2/c1-5-21-20(28)26-8-7-15-14(11-26)9-22-12(3)17(15)18-24-19(29-25-18)16-10-23-27(6-2)13(16)4/h9-10H,5-8,11H2,1-4H3,(H,21,28). The smallest absolute Gasteiger partial charge is 0.317 e. The molecule has 1 aliphatic rings. The molecule has 0 aliphatic carbocycles. The molecule has 2 amide bonds. The van der Waals surface area contributed by atoms with Crippen molar-refractivity contribution in [1.29, 1.82) is 0 Å². The summed E-state index contributed by atoms with van der Waals surface area (Å²) in [5.74, 6) is 0.978. The lowest BCUT2D eigenvalue weighted by Crippen LogP contribution is -2.42. The van der Waals surface area contributed by atoms with Crippen LogP contribution in [0.3, 0.4) is 0 Å². The van der Waals surface area contributed by atoms with E-state index in [4.69, 9.17) is 4.52 Å². The fourth-order valence-electron chi connectivity index (χ4n) is 3.79. The molecule has 0 fully saturated rings. The molecule has 3 aromatic rings. The highest BCUT2D eigenvalue weighted by molar-refractivity contribution is 5.75. The van der Waals surface area contributed by atoms with E-state index in [1.165, 1.54) is 0 Å². The summed E-state index contributed by atoms with van der Waals surface area (Å²) < 4.78 is 7.46. The van der Waals surface area contributed by atoms with E-state index in [0.29, 0.717) is 31.3 Å². The summed E-state index contributed by atoms with van der Waals surface area (Å²) in [6, 6.07) is -0.0504. The Morgan fingerprint density at radius 2 is 2.10 bits per heavy atom. The van der Waals surface area contributed by atoms with Crippen LogP contribution < -0.4 is 5.32 Å². The first-order chi connectivity index (χ1) is 14.0. The number of fused-ring (bicyclic) bond motifs is 1. The SMILES string of the molecule is CCNC(=O)N1CCc2c(cnc(C)c2-c2noc(-c3cnn(CC)c3C)n2)C1. The van der Waals surface area contributed by atoms with Gasteiger partial charge in [-0.15, -0.1) is 0 Å². The highest BCUT2D eigenvalue weighted by Gasteiger charge is 2.26. The number of nitrogens with zero attached hydrogens (tertiary/aromatic N) is 6. The van der Waals surface area contributed by atoms with Gasteiger partial charge in [0.1, 0.15) is 0 Å². The predicted octanol–water partition coefficient (Wildman–Crippen LogP) is 2.72. The molecule has 0 aromatic carbocycles. The van der Waals surface area contributed by atoms with Crippen molar-refractivity contribution in [2.24, 2.45) is 0 Å². The number of aromatic nitrogens is 5. The summed E-state index contributed by atoms with van der Waals surface area (Å²) in [6.07, 6.45) is 4.32. The predicted molar refractivity (Wildman–Crippen MR) is 107 cm³/mol. The number of carbonyl (C=O) groups is 1. The average molecular weight is 395 g/mol. The topological polar surface area (TPSA) is 102 Å². The first-order valence-corrected chi connectivity index (χ1v) is 9.90. The van der Waals surface area contributed by atoms with Crippen LogP contribution in [-0.4, -0.2) is 48.9 Å². The van der Waals surface area contributed by atoms with Crippen LogP contribution in [0.1, 0.15) is 36.4 Å². The van der Waals surface area contributed by atoms with Gasteiger partial charge in [0, 0.05) is 49.3 Å². The summed E-state index contributed by atoms with van der Waals surface area (Å²) in [5, 5.41) is 11.4. The van der Waals surface area contributed by atoms with Crippen molar-refractivity contribution in [2.45, 2.75) is 47.2 Å². The third kappa shape index (κ3) is 3.37. The minimum atomic E-state index is -0.0504. The summed E-state index contributed by atoms with van der Waals surface area (Å²) >= 11 is 0. The summed E-state index contributed by atoms with van der Waals surface area (Å²) in [5.41, 5.74) is 5.72. The zero-order chi connectivity index (χ0) is 20.5. The lowest BCUT2D eigenvalue weighted by Gasteiger charge is -2.29. The Labute approximate surface area is 169 Å². The molecule has 4 heterocycles. The number of rotatable bonds is 4. The molecule has 0 saturated carbocycles. The second-order valence-corrected chi connectivity index (χ2v) is 7.11. The molecule has 29 heavy (non-hydrogen) atoms. The van der Waals surface area contributed by atoms with E-state index in [1.54, 1.807) is 11.1 Å². The minimum Gasteiger partial charge on any atom is -0.338 e. The maximum absolute atomic E-state index is 12.2. The molecule has 152 valence electrons. The number of urea groups is 1. The van der Waals surface area contributed by atoms with Crippen molar-refractivity contribution in [3.63, 3.8) is 0 Å². The Bertz CT molecular complexity index is 1050. The quantitative estimate of drug-likeness (QED) is 0.729. The van der Waals surface area contributed by atoms with Gasteiger partial charge in [0.15, 0.2) is 0 Å². The molecular weight excluding hydrogens is 370 g/mol. The van der Waals surface area contributed by atoms with Gasteiger partial charge in [0.2, 0.25) is 5.82 Å². The maximum atomic E-state index is 12.2. The van der Waals surface area contributed by atoms with Crippen LogP contribution in [0.2, 0.25) is 0 Å². The fraction of sp³-hybridized carbons (Fsp3) is 0.450. The number of hydrogen-bond acceptors (Lipinski definition) is 6. The van der Waals surface area contributed by atoms with Gasteiger partial charge < -0.3 is 14.7 Å². The second kappa shape index (κ2) is 7.65. The van der Waals surface area contributed by atoms with Gasteiger partial charge in [0.05, 0.1) is 11.8 Å². The molecule has 4 rings (SSSR count). The first kappa shape index (κ1) is 19.1. The van der Waals surface area contributed by atoms with Gasteiger partial charge in [-0.3, -0.25) is 9.67 Å². The van der Waals surface area contributed by atoms with Crippen LogP contribution in [0.4, 0.5) is 4.79 Å². The van der Waals surface area contributed by atoms with Crippen molar-refractivity contribution in [2.75, 3.05) is 13.1 Å². The summed E-state index contributed by atoms with van der Waals surface area (Å²) in [6.45, 7) is 10.4. The van der Waals surface area contributed by atoms with Crippen LogP contribution in [0, 0.1) is 13.8 Å². The van der Waals surface area contributed by atoms with Crippen LogP contribution in [0.5, 0.6) is 0 Å². The monoisotopic (exact) mass is 395 g/mol. The van der Waals surface area contributed by atoms with Crippen LogP contribution in [-0.2, 0) is 19.5 Å². The average Bonchev–Trinajstić information content (AvgIpc) is 3.34. The Hall–Kier alpha value is -3.23. The summed E-state index contributed by atoms with van der Waals surface area (Å²) in [7, 11) is 0. The lowest BCUT2D eigenvalue weighted by molar-refractivity contribution is 0.193. The fourth-order valence-corrected chi connectivity index (χ4v) is 3.79. The molecule has 0 radical (unpaired) electrons.